The average Bonchev–Trinajstić information content (AvgIpc) is 2.93. The number of aryl methyl sites for hydroxylation is 1. The topological polar surface area (TPSA) is 66.8 Å². The normalized spacial score (nSPS) is 18.7. The van der Waals surface area contributed by atoms with E-state index >= 15 is 0 Å². The van der Waals surface area contributed by atoms with E-state index in [2.05, 4.69) is 0 Å². The molecule has 2 aromatic carbocycles. The number of aliphatic hydroxyl groups is 1. The Labute approximate surface area is 173 Å². The van der Waals surface area contributed by atoms with Crippen LogP contribution >= 0.6 is 23.2 Å². The first-order chi connectivity index (χ1) is 13.3. The third-order valence-corrected chi connectivity index (χ3v) is 5.40. The minimum atomic E-state index is -0.786. The van der Waals surface area contributed by atoms with Crippen molar-refractivity contribution in [2.75, 3.05) is 20.3 Å². The fraction of sp³-hybridized carbons (Fsp3) is 0.238. The van der Waals surface area contributed by atoms with E-state index in [9.17, 15) is 14.7 Å². The minimum absolute atomic E-state index is 0.0170. The smallest absolute Gasteiger partial charge is 0.295 e. The molecule has 1 heterocycles. The highest BCUT2D eigenvalue weighted by atomic mass is 35.5. The van der Waals surface area contributed by atoms with E-state index in [1.54, 1.807) is 30.3 Å². The van der Waals surface area contributed by atoms with E-state index in [1.165, 1.54) is 12.0 Å². The number of carbonyl (C=O) groups excluding carboxylic acids is 2. The van der Waals surface area contributed by atoms with Crippen LogP contribution in [0.15, 0.2) is 48.0 Å². The van der Waals surface area contributed by atoms with Gasteiger partial charge in [-0.25, -0.2) is 0 Å². The van der Waals surface area contributed by atoms with E-state index in [0.29, 0.717) is 21.2 Å². The predicted molar refractivity (Wildman–Crippen MR) is 109 cm³/mol. The largest absolute Gasteiger partial charge is 0.507 e. The van der Waals surface area contributed by atoms with Crippen LogP contribution in [0, 0.1) is 6.92 Å². The van der Waals surface area contributed by atoms with Crippen molar-refractivity contribution >= 4 is 40.7 Å². The van der Waals surface area contributed by atoms with Crippen molar-refractivity contribution in [1.82, 2.24) is 4.90 Å². The monoisotopic (exact) mass is 419 g/mol. The molecule has 1 saturated heterocycles. The quantitative estimate of drug-likeness (QED) is 0.443. The summed E-state index contributed by atoms with van der Waals surface area (Å²) in [6, 6.07) is 11.2. The number of carbonyl (C=O) groups is 2. The number of benzene rings is 2. The van der Waals surface area contributed by atoms with Crippen molar-refractivity contribution in [3.63, 3.8) is 0 Å². The third-order valence-electron chi connectivity index (χ3n) is 4.66. The van der Waals surface area contributed by atoms with Gasteiger partial charge in [0.05, 0.1) is 28.3 Å². The van der Waals surface area contributed by atoms with Crippen molar-refractivity contribution in [2.45, 2.75) is 13.0 Å². The lowest BCUT2D eigenvalue weighted by atomic mass is 9.95. The molecule has 0 aliphatic carbocycles. The van der Waals surface area contributed by atoms with E-state index in [0.717, 1.165) is 5.56 Å². The van der Waals surface area contributed by atoms with Gasteiger partial charge in [0.25, 0.3) is 11.7 Å². The lowest BCUT2D eigenvalue weighted by Crippen LogP contribution is -2.32. The maximum Gasteiger partial charge on any atom is 0.295 e. The molecule has 146 valence electrons. The molecule has 1 amide bonds. The van der Waals surface area contributed by atoms with Crippen LogP contribution in [-0.4, -0.2) is 42.0 Å². The molecular weight excluding hydrogens is 401 g/mol. The number of aliphatic hydroxyl groups excluding tert-OH is 1. The third kappa shape index (κ3) is 3.78. The van der Waals surface area contributed by atoms with Crippen molar-refractivity contribution in [2.24, 2.45) is 0 Å². The van der Waals surface area contributed by atoms with E-state index in [4.69, 9.17) is 27.9 Å². The number of likely N-dealkylation sites (tertiary alicyclic amines) is 1. The standard InChI is InChI=1S/C21H19Cl2NO4/c1-12-3-5-13(6-4-12)19(25)17-18(14-7-8-15(22)16(23)11-14)24(9-10-28-2)21(27)20(17)26/h3-8,11,18,25H,9-10H2,1-2H3/b19-17+/t18-/m0/s1. The van der Waals surface area contributed by atoms with E-state index in [-0.39, 0.29) is 24.5 Å². The van der Waals surface area contributed by atoms with Gasteiger partial charge in [0.1, 0.15) is 5.76 Å². The van der Waals surface area contributed by atoms with Crippen LogP contribution in [0.5, 0.6) is 0 Å². The number of halogens is 2. The summed E-state index contributed by atoms with van der Waals surface area (Å²) in [6.07, 6.45) is 0. The Morgan fingerprint density at radius 3 is 2.39 bits per heavy atom. The molecule has 7 heteroatoms. The Kier molecular flexibility index (Phi) is 6.08. The number of nitrogens with zero attached hydrogens (tertiary/aromatic N) is 1. The molecule has 0 bridgehead atoms. The van der Waals surface area contributed by atoms with E-state index in [1.807, 2.05) is 19.1 Å². The molecular formula is C21H19Cl2NO4. The van der Waals surface area contributed by atoms with Gasteiger partial charge in [-0.05, 0) is 24.6 Å². The molecule has 1 atom stereocenters. The number of ketones is 1. The summed E-state index contributed by atoms with van der Waals surface area (Å²) < 4.78 is 5.08. The molecule has 1 fully saturated rings. The lowest BCUT2D eigenvalue weighted by molar-refractivity contribution is -0.140. The lowest BCUT2D eigenvalue weighted by Gasteiger charge is -2.25. The summed E-state index contributed by atoms with van der Waals surface area (Å²) in [5, 5.41) is 11.5. The summed E-state index contributed by atoms with van der Waals surface area (Å²) >= 11 is 12.2. The van der Waals surface area contributed by atoms with Gasteiger partial charge in [0, 0.05) is 19.2 Å². The number of Topliss-reactive ketones (excluding diaryl/α,β-unsaturated/α-hetero) is 1. The number of rotatable bonds is 5. The summed E-state index contributed by atoms with van der Waals surface area (Å²) in [5.74, 6) is -1.67. The molecule has 3 rings (SSSR count). The molecule has 0 saturated carbocycles. The van der Waals surface area contributed by atoms with Crippen LogP contribution in [-0.2, 0) is 14.3 Å². The molecule has 0 unspecified atom stereocenters. The molecule has 1 N–H and O–H groups in total. The van der Waals surface area contributed by atoms with Crippen LogP contribution in [0.4, 0.5) is 0 Å². The number of hydrogen-bond donors (Lipinski definition) is 1. The van der Waals surface area contributed by atoms with Gasteiger partial charge in [-0.15, -0.1) is 0 Å². The predicted octanol–water partition coefficient (Wildman–Crippen LogP) is 4.37. The Morgan fingerprint density at radius 2 is 1.79 bits per heavy atom. The maximum absolute atomic E-state index is 12.8. The summed E-state index contributed by atoms with van der Waals surface area (Å²) in [4.78, 5) is 26.8. The SMILES string of the molecule is COCCN1C(=O)C(=O)/C(=C(/O)c2ccc(C)cc2)[C@@H]1c1ccc(Cl)c(Cl)c1. The number of amides is 1. The van der Waals surface area contributed by atoms with Gasteiger partial charge in [-0.2, -0.15) is 0 Å². The fourth-order valence-electron chi connectivity index (χ4n) is 3.20. The molecule has 1 aliphatic heterocycles. The first kappa shape index (κ1) is 20.4. The van der Waals surface area contributed by atoms with Crippen LogP contribution in [0.3, 0.4) is 0 Å². The Hall–Kier alpha value is -2.34. The summed E-state index contributed by atoms with van der Waals surface area (Å²) in [5.41, 5.74) is 2.07. The van der Waals surface area contributed by atoms with Crippen LogP contribution in [0.25, 0.3) is 5.76 Å². The molecule has 28 heavy (non-hydrogen) atoms. The molecule has 0 spiro atoms. The van der Waals surface area contributed by atoms with Gasteiger partial charge < -0.3 is 14.7 Å². The van der Waals surface area contributed by atoms with E-state index < -0.39 is 17.7 Å². The summed E-state index contributed by atoms with van der Waals surface area (Å²) in [7, 11) is 1.51. The van der Waals surface area contributed by atoms with Gasteiger partial charge in [0.2, 0.25) is 0 Å². The van der Waals surface area contributed by atoms with Crippen molar-refractivity contribution in [1.29, 1.82) is 0 Å². The number of hydrogen-bond acceptors (Lipinski definition) is 4. The highest BCUT2D eigenvalue weighted by molar-refractivity contribution is 6.46. The summed E-state index contributed by atoms with van der Waals surface area (Å²) in [6.45, 7) is 2.36. The first-order valence-electron chi connectivity index (χ1n) is 8.64. The Morgan fingerprint density at radius 1 is 1.11 bits per heavy atom. The van der Waals surface area contributed by atoms with Crippen LogP contribution in [0.1, 0.15) is 22.7 Å². The molecule has 0 radical (unpaired) electrons. The van der Waals surface area contributed by atoms with Crippen molar-refractivity contribution in [3.8, 4) is 0 Å². The number of methoxy groups -OCH3 is 1. The highest BCUT2D eigenvalue weighted by Gasteiger charge is 2.45. The molecule has 1 aliphatic rings. The van der Waals surface area contributed by atoms with Gasteiger partial charge in [-0.1, -0.05) is 59.1 Å². The Bertz CT molecular complexity index is 953. The molecule has 5 nitrogen and oxygen atoms in total. The second-order valence-electron chi connectivity index (χ2n) is 6.52. The highest BCUT2D eigenvalue weighted by Crippen LogP contribution is 2.40. The zero-order valence-corrected chi connectivity index (χ0v) is 16.9. The second-order valence-corrected chi connectivity index (χ2v) is 7.34. The van der Waals surface area contributed by atoms with Gasteiger partial charge >= 0.3 is 0 Å². The zero-order chi connectivity index (χ0) is 20.4. The Balaban J connectivity index is 2.17. The van der Waals surface area contributed by atoms with Gasteiger partial charge in [-0.3, -0.25) is 9.59 Å². The molecule has 0 aromatic heterocycles. The first-order valence-corrected chi connectivity index (χ1v) is 9.40. The zero-order valence-electron chi connectivity index (χ0n) is 15.4. The second kappa shape index (κ2) is 8.35. The van der Waals surface area contributed by atoms with Gasteiger partial charge in [0.15, 0.2) is 0 Å². The fourth-order valence-corrected chi connectivity index (χ4v) is 3.50. The minimum Gasteiger partial charge on any atom is -0.507 e. The van der Waals surface area contributed by atoms with Crippen LogP contribution in [0.2, 0.25) is 10.0 Å². The van der Waals surface area contributed by atoms with Crippen molar-refractivity contribution < 1.29 is 19.4 Å². The maximum atomic E-state index is 12.8. The average molecular weight is 420 g/mol. The van der Waals surface area contributed by atoms with Crippen LogP contribution < -0.4 is 0 Å². The van der Waals surface area contributed by atoms with Crippen molar-refractivity contribution in [3.05, 3.63) is 74.8 Å². The number of ether oxygens (including phenoxy) is 1. The molecule has 2 aromatic rings.